The molecule has 0 spiro atoms. The van der Waals surface area contributed by atoms with Crippen LogP contribution in [0.1, 0.15) is 19.4 Å². The van der Waals surface area contributed by atoms with E-state index in [2.05, 4.69) is 24.4 Å². The van der Waals surface area contributed by atoms with Crippen LogP contribution in [-0.4, -0.2) is 24.3 Å². The third-order valence-corrected chi connectivity index (χ3v) is 4.54. The van der Waals surface area contributed by atoms with Crippen molar-refractivity contribution < 1.29 is 9.53 Å². The first kappa shape index (κ1) is 17.4. The second-order valence-electron chi connectivity index (χ2n) is 5.21. The largest absolute Gasteiger partial charge is 0.492 e. The van der Waals surface area contributed by atoms with Gasteiger partial charge in [-0.05, 0) is 43.2 Å². The zero-order valence-electron chi connectivity index (χ0n) is 13.6. The molecule has 1 atom stereocenters. The van der Waals surface area contributed by atoms with E-state index in [-0.39, 0.29) is 11.2 Å². The van der Waals surface area contributed by atoms with Crippen molar-refractivity contribution >= 4 is 17.7 Å². The fraction of sp³-hybridized carbons (Fsp3) is 0.316. The number of nitrogens with one attached hydrogen (secondary N) is 1. The van der Waals surface area contributed by atoms with E-state index in [4.69, 9.17) is 4.74 Å². The van der Waals surface area contributed by atoms with Crippen molar-refractivity contribution in [2.75, 3.05) is 13.2 Å². The van der Waals surface area contributed by atoms with Crippen LogP contribution >= 0.6 is 11.8 Å². The van der Waals surface area contributed by atoms with Crippen molar-refractivity contribution in [1.82, 2.24) is 5.32 Å². The Bertz CT molecular complexity index is 599. The summed E-state index contributed by atoms with van der Waals surface area (Å²) in [4.78, 5) is 13.2. The molecule has 0 fully saturated rings. The van der Waals surface area contributed by atoms with E-state index in [1.54, 1.807) is 11.8 Å². The van der Waals surface area contributed by atoms with Gasteiger partial charge in [-0.2, -0.15) is 0 Å². The van der Waals surface area contributed by atoms with Crippen LogP contribution in [0.2, 0.25) is 0 Å². The van der Waals surface area contributed by atoms with Crippen molar-refractivity contribution in [1.29, 1.82) is 0 Å². The summed E-state index contributed by atoms with van der Waals surface area (Å²) in [5.74, 6) is 0.868. The van der Waals surface area contributed by atoms with Gasteiger partial charge in [-0.25, -0.2) is 0 Å². The Labute approximate surface area is 142 Å². The Hall–Kier alpha value is -1.94. The molecule has 4 heteroatoms. The highest BCUT2D eigenvalue weighted by molar-refractivity contribution is 8.00. The molecular formula is C19H23NO2S. The highest BCUT2D eigenvalue weighted by Crippen LogP contribution is 2.22. The molecule has 0 saturated heterocycles. The number of carbonyl (C=O) groups excluding carboxylic acids is 1. The first-order chi connectivity index (χ1) is 11.2. The van der Waals surface area contributed by atoms with Crippen LogP contribution in [0.5, 0.6) is 5.75 Å². The lowest BCUT2D eigenvalue weighted by Crippen LogP contribution is -2.33. The SMILES string of the molecule is CCc1ccc(OCCNC(=O)[C@H](C)Sc2ccccc2)cc1. The average Bonchev–Trinajstić information content (AvgIpc) is 2.60. The summed E-state index contributed by atoms with van der Waals surface area (Å²) in [6, 6.07) is 18.0. The predicted octanol–water partition coefficient (Wildman–Crippen LogP) is 3.92. The van der Waals surface area contributed by atoms with Gasteiger partial charge in [0.2, 0.25) is 5.91 Å². The van der Waals surface area contributed by atoms with Gasteiger partial charge in [0.05, 0.1) is 11.8 Å². The van der Waals surface area contributed by atoms with Gasteiger partial charge in [0.15, 0.2) is 0 Å². The molecule has 2 rings (SSSR count). The summed E-state index contributed by atoms with van der Waals surface area (Å²) in [7, 11) is 0. The molecule has 2 aromatic carbocycles. The molecule has 0 aliphatic carbocycles. The van der Waals surface area contributed by atoms with Crippen molar-refractivity contribution in [3.63, 3.8) is 0 Å². The zero-order chi connectivity index (χ0) is 16.5. The molecule has 0 aromatic heterocycles. The van der Waals surface area contributed by atoms with Gasteiger partial charge in [-0.3, -0.25) is 4.79 Å². The quantitative estimate of drug-likeness (QED) is 0.589. The molecule has 0 radical (unpaired) electrons. The molecule has 122 valence electrons. The molecular weight excluding hydrogens is 306 g/mol. The highest BCUT2D eigenvalue weighted by Gasteiger charge is 2.13. The molecule has 3 nitrogen and oxygen atoms in total. The first-order valence-corrected chi connectivity index (χ1v) is 8.78. The number of carbonyl (C=O) groups is 1. The second-order valence-corrected chi connectivity index (χ2v) is 6.62. The van der Waals surface area contributed by atoms with Gasteiger partial charge < -0.3 is 10.1 Å². The minimum atomic E-state index is -0.124. The minimum Gasteiger partial charge on any atom is -0.492 e. The number of ether oxygens (including phenoxy) is 1. The van der Waals surface area contributed by atoms with Crippen LogP contribution < -0.4 is 10.1 Å². The number of hydrogen-bond acceptors (Lipinski definition) is 3. The lowest BCUT2D eigenvalue weighted by molar-refractivity contribution is -0.120. The van der Waals surface area contributed by atoms with Crippen LogP contribution in [0.25, 0.3) is 0 Å². The average molecular weight is 329 g/mol. The maximum atomic E-state index is 12.1. The van der Waals surface area contributed by atoms with E-state index in [0.717, 1.165) is 17.1 Å². The van der Waals surface area contributed by atoms with E-state index < -0.39 is 0 Å². The molecule has 1 amide bonds. The monoisotopic (exact) mass is 329 g/mol. The van der Waals surface area contributed by atoms with E-state index in [0.29, 0.717) is 13.2 Å². The van der Waals surface area contributed by atoms with Gasteiger partial charge in [0, 0.05) is 4.90 Å². The lowest BCUT2D eigenvalue weighted by Gasteiger charge is -2.12. The Morgan fingerprint density at radius 2 is 1.83 bits per heavy atom. The Balaban J connectivity index is 1.67. The zero-order valence-corrected chi connectivity index (χ0v) is 14.4. The molecule has 0 heterocycles. The predicted molar refractivity (Wildman–Crippen MR) is 96.1 cm³/mol. The van der Waals surface area contributed by atoms with Crippen LogP contribution in [0.3, 0.4) is 0 Å². The number of amides is 1. The fourth-order valence-electron chi connectivity index (χ4n) is 2.06. The standard InChI is InChI=1S/C19H23NO2S/c1-3-16-9-11-17(12-10-16)22-14-13-20-19(21)15(2)23-18-7-5-4-6-8-18/h4-12,15H,3,13-14H2,1-2H3,(H,20,21)/t15-/m0/s1. The Morgan fingerprint density at radius 3 is 2.48 bits per heavy atom. The maximum absolute atomic E-state index is 12.1. The Morgan fingerprint density at radius 1 is 1.13 bits per heavy atom. The normalized spacial score (nSPS) is 11.7. The third-order valence-electron chi connectivity index (χ3n) is 3.43. The molecule has 1 N–H and O–H groups in total. The maximum Gasteiger partial charge on any atom is 0.233 e. The highest BCUT2D eigenvalue weighted by atomic mass is 32.2. The summed E-state index contributed by atoms with van der Waals surface area (Å²) in [5, 5.41) is 2.79. The number of aryl methyl sites for hydroxylation is 1. The molecule has 23 heavy (non-hydrogen) atoms. The van der Waals surface area contributed by atoms with E-state index in [1.165, 1.54) is 5.56 Å². The van der Waals surface area contributed by atoms with Crippen LogP contribution in [0.4, 0.5) is 0 Å². The van der Waals surface area contributed by atoms with Gasteiger partial charge in [0.1, 0.15) is 12.4 Å². The number of rotatable bonds is 8. The summed E-state index contributed by atoms with van der Waals surface area (Å²) in [6.07, 6.45) is 1.02. The number of benzene rings is 2. The minimum absolute atomic E-state index is 0.0313. The lowest BCUT2D eigenvalue weighted by atomic mass is 10.2. The molecule has 0 bridgehead atoms. The molecule has 2 aromatic rings. The summed E-state index contributed by atoms with van der Waals surface area (Å²) in [5.41, 5.74) is 1.29. The van der Waals surface area contributed by atoms with E-state index >= 15 is 0 Å². The fourth-order valence-corrected chi connectivity index (χ4v) is 2.98. The van der Waals surface area contributed by atoms with E-state index in [9.17, 15) is 4.79 Å². The van der Waals surface area contributed by atoms with Crippen molar-refractivity contribution in [3.05, 3.63) is 60.2 Å². The first-order valence-electron chi connectivity index (χ1n) is 7.90. The van der Waals surface area contributed by atoms with Crippen LogP contribution in [0, 0.1) is 0 Å². The van der Waals surface area contributed by atoms with Crippen molar-refractivity contribution in [2.45, 2.75) is 30.4 Å². The van der Waals surface area contributed by atoms with Gasteiger partial charge >= 0.3 is 0 Å². The summed E-state index contributed by atoms with van der Waals surface area (Å²) >= 11 is 1.56. The van der Waals surface area contributed by atoms with Crippen molar-refractivity contribution in [3.8, 4) is 5.75 Å². The number of thioether (sulfide) groups is 1. The topological polar surface area (TPSA) is 38.3 Å². The molecule has 0 aliphatic rings. The second kappa shape index (κ2) is 9.26. The molecule has 0 aliphatic heterocycles. The van der Waals surface area contributed by atoms with Gasteiger partial charge in [-0.15, -0.1) is 11.8 Å². The summed E-state index contributed by atoms with van der Waals surface area (Å²) in [6.45, 7) is 5.02. The smallest absolute Gasteiger partial charge is 0.233 e. The van der Waals surface area contributed by atoms with Crippen molar-refractivity contribution in [2.24, 2.45) is 0 Å². The molecule has 0 saturated carbocycles. The van der Waals surface area contributed by atoms with Gasteiger partial charge in [-0.1, -0.05) is 37.3 Å². The number of hydrogen-bond donors (Lipinski definition) is 1. The van der Waals surface area contributed by atoms with Crippen LogP contribution in [0.15, 0.2) is 59.5 Å². The summed E-state index contributed by atoms with van der Waals surface area (Å²) < 4.78 is 5.63. The molecule has 0 unspecified atom stereocenters. The van der Waals surface area contributed by atoms with Gasteiger partial charge in [0.25, 0.3) is 0 Å². The van der Waals surface area contributed by atoms with E-state index in [1.807, 2.05) is 49.4 Å². The van der Waals surface area contributed by atoms with Crippen LogP contribution in [-0.2, 0) is 11.2 Å². The third kappa shape index (κ3) is 5.99. The Kier molecular flexibility index (Phi) is 7.01.